The Bertz CT molecular complexity index is 661. The lowest BCUT2D eigenvalue weighted by Crippen LogP contribution is -2.40. The molecule has 0 spiro atoms. The first-order valence-electron chi connectivity index (χ1n) is 8.15. The lowest BCUT2D eigenvalue weighted by Gasteiger charge is -2.39. The second-order valence-electron chi connectivity index (χ2n) is 8.36. The third-order valence-corrected chi connectivity index (χ3v) is 5.25. The van der Waals surface area contributed by atoms with Crippen LogP contribution < -0.4 is 5.56 Å². The molecule has 1 aromatic rings. The van der Waals surface area contributed by atoms with Crippen LogP contribution in [0.2, 0.25) is 0 Å². The number of amides is 1. The highest BCUT2D eigenvalue weighted by Crippen LogP contribution is 2.52. The van der Waals surface area contributed by atoms with Crippen LogP contribution in [0.3, 0.4) is 0 Å². The number of rotatable bonds is 2. The highest BCUT2D eigenvalue weighted by molar-refractivity contribution is 5.77. The van der Waals surface area contributed by atoms with Crippen LogP contribution in [0.4, 0.5) is 0 Å². The molecular weight excluding hydrogens is 276 g/mol. The molecule has 3 rings (SSSR count). The molecule has 4 nitrogen and oxygen atoms in total. The normalized spacial score (nSPS) is 29.6. The summed E-state index contributed by atoms with van der Waals surface area (Å²) in [5.41, 5.74) is 1.15. The van der Waals surface area contributed by atoms with E-state index in [9.17, 15) is 9.59 Å². The molecule has 1 saturated heterocycles. The number of hydrogen-bond donors (Lipinski definition) is 0. The molecule has 1 saturated carbocycles. The van der Waals surface area contributed by atoms with Crippen molar-refractivity contribution in [1.82, 2.24) is 9.47 Å². The molecule has 0 aromatic carbocycles. The molecule has 22 heavy (non-hydrogen) atoms. The Morgan fingerprint density at radius 1 is 1.32 bits per heavy atom. The zero-order valence-corrected chi connectivity index (χ0v) is 14.1. The van der Waals surface area contributed by atoms with Gasteiger partial charge in [0.2, 0.25) is 5.91 Å². The van der Waals surface area contributed by atoms with E-state index < -0.39 is 0 Å². The van der Waals surface area contributed by atoms with Gasteiger partial charge in [0.15, 0.2) is 0 Å². The Kier molecular flexibility index (Phi) is 3.46. The number of fused-ring (bicyclic) bond motifs is 2. The summed E-state index contributed by atoms with van der Waals surface area (Å²) in [6, 6.07) is 3.95. The fourth-order valence-electron chi connectivity index (χ4n) is 4.77. The Balaban J connectivity index is 1.79. The minimum absolute atomic E-state index is 0.0652. The van der Waals surface area contributed by atoms with E-state index in [0.717, 1.165) is 19.4 Å². The highest BCUT2D eigenvalue weighted by Gasteiger charge is 2.50. The molecule has 1 amide bonds. The largest absolute Gasteiger partial charge is 0.338 e. The molecule has 1 aliphatic heterocycles. The number of nitrogens with zero attached hydrogens (tertiary/aromatic N) is 2. The van der Waals surface area contributed by atoms with Crippen molar-refractivity contribution in [1.29, 1.82) is 0 Å². The van der Waals surface area contributed by atoms with E-state index >= 15 is 0 Å². The Labute approximate surface area is 132 Å². The number of hydrogen-bond acceptors (Lipinski definition) is 2. The van der Waals surface area contributed by atoms with Crippen LogP contribution in [0.1, 0.15) is 45.6 Å². The second kappa shape index (κ2) is 4.97. The van der Waals surface area contributed by atoms with Gasteiger partial charge in [-0.1, -0.05) is 26.8 Å². The van der Waals surface area contributed by atoms with Gasteiger partial charge in [0, 0.05) is 24.3 Å². The standard InChI is InChI=1S/C18H26N2O2/c1-13-6-5-7-19(16(13)22)10-15(21)20-12-18(4)9-14(20)8-17(2,3)11-18/h5-7,14H,8-12H2,1-4H3. The first kappa shape index (κ1) is 15.3. The molecule has 120 valence electrons. The average Bonchev–Trinajstić information content (AvgIpc) is 2.64. The number of carbonyl (C=O) groups excluding carboxylic acids is 1. The monoisotopic (exact) mass is 302 g/mol. The van der Waals surface area contributed by atoms with Crippen LogP contribution >= 0.6 is 0 Å². The third kappa shape index (κ3) is 2.71. The summed E-state index contributed by atoms with van der Waals surface area (Å²) in [4.78, 5) is 26.9. The third-order valence-electron chi connectivity index (χ3n) is 5.25. The second-order valence-corrected chi connectivity index (χ2v) is 8.36. The minimum Gasteiger partial charge on any atom is -0.338 e. The fourth-order valence-corrected chi connectivity index (χ4v) is 4.77. The van der Waals surface area contributed by atoms with Crippen LogP contribution in [0, 0.1) is 17.8 Å². The van der Waals surface area contributed by atoms with Crippen LogP contribution in [-0.2, 0) is 11.3 Å². The quantitative estimate of drug-likeness (QED) is 0.842. The number of carbonyl (C=O) groups is 1. The zero-order valence-electron chi connectivity index (χ0n) is 14.1. The van der Waals surface area contributed by atoms with Gasteiger partial charge in [0.05, 0.1) is 0 Å². The predicted octanol–water partition coefficient (Wildman–Crippen LogP) is 2.58. The van der Waals surface area contributed by atoms with Crippen LogP contribution in [0.5, 0.6) is 0 Å². The van der Waals surface area contributed by atoms with Crippen molar-refractivity contribution in [2.24, 2.45) is 10.8 Å². The van der Waals surface area contributed by atoms with Crippen molar-refractivity contribution in [2.75, 3.05) is 6.54 Å². The van der Waals surface area contributed by atoms with Gasteiger partial charge in [-0.2, -0.15) is 0 Å². The summed E-state index contributed by atoms with van der Waals surface area (Å²) in [6.07, 6.45) is 5.05. The van der Waals surface area contributed by atoms with Gasteiger partial charge in [-0.05, 0) is 43.1 Å². The van der Waals surface area contributed by atoms with Gasteiger partial charge in [-0.3, -0.25) is 9.59 Å². The van der Waals surface area contributed by atoms with Gasteiger partial charge < -0.3 is 9.47 Å². The van der Waals surface area contributed by atoms with Gasteiger partial charge in [-0.15, -0.1) is 0 Å². The maximum Gasteiger partial charge on any atom is 0.253 e. The molecule has 2 bridgehead atoms. The Morgan fingerprint density at radius 3 is 2.77 bits per heavy atom. The fraction of sp³-hybridized carbons (Fsp3) is 0.667. The van der Waals surface area contributed by atoms with Crippen molar-refractivity contribution in [3.63, 3.8) is 0 Å². The van der Waals surface area contributed by atoms with Gasteiger partial charge in [-0.25, -0.2) is 0 Å². The lowest BCUT2D eigenvalue weighted by atomic mass is 9.65. The van der Waals surface area contributed by atoms with Crippen molar-refractivity contribution >= 4 is 5.91 Å². The van der Waals surface area contributed by atoms with Gasteiger partial charge >= 0.3 is 0 Å². The molecule has 4 heteroatoms. The first-order valence-corrected chi connectivity index (χ1v) is 8.15. The van der Waals surface area contributed by atoms with Gasteiger partial charge in [0.1, 0.15) is 6.54 Å². The number of aromatic nitrogens is 1. The van der Waals surface area contributed by atoms with Crippen LogP contribution in [0.25, 0.3) is 0 Å². The van der Waals surface area contributed by atoms with Crippen LogP contribution in [-0.4, -0.2) is 28.0 Å². The topological polar surface area (TPSA) is 42.3 Å². The van der Waals surface area contributed by atoms with E-state index in [1.54, 1.807) is 19.2 Å². The highest BCUT2D eigenvalue weighted by atomic mass is 16.2. The molecule has 0 N–H and O–H groups in total. The van der Waals surface area contributed by atoms with E-state index in [0.29, 0.717) is 17.0 Å². The smallest absolute Gasteiger partial charge is 0.253 e. The molecule has 1 aromatic heterocycles. The molecule has 2 unspecified atom stereocenters. The van der Waals surface area contributed by atoms with E-state index in [2.05, 4.69) is 20.8 Å². The van der Waals surface area contributed by atoms with E-state index in [4.69, 9.17) is 0 Å². The van der Waals surface area contributed by atoms with Crippen molar-refractivity contribution in [3.8, 4) is 0 Å². The van der Waals surface area contributed by atoms with Crippen molar-refractivity contribution in [2.45, 2.75) is 59.5 Å². The molecule has 2 atom stereocenters. The average molecular weight is 302 g/mol. The van der Waals surface area contributed by atoms with Gasteiger partial charge in [0.25, 0.3) is 5.56 Å². The molecular formula is C18H26N2O2. The SMILES string of the molecule is Cc1cccn(CC(=O)N2CC3(C)CC2CC(C)(C)C3)c1=O. The molecule has 2 aliphatic rings. The Hall–Kier alpha value is -1.58. The summed E-state index contributed by atoms with van der Waals surface area (Å²) < 4.78 is 1.54. The van der Waals surface area contributed by atoms with Crippen molar-refractivity contribution in [3.05, 3.63) is 34.2 Å². The lowest BCUT2D eigenvalue weighted by molar-refractivity contribution is -0.133. The Morgan fingerprint density at radius 2 is 2.05 bits per heavy atom. The number of likely N-dealkylation sites (tertiary alicyclic amines) is 1. The molecule has 2 fully saturated rings. The molecule has 2 heterocycles. The summed E-state index contributed by atoms with van der Waals surface area (Å²) in [5, 5.41) is 0. The number of aryl methyl sites for hydroxylation is 1. The maximum atomic E-state index is 12.7. The predicted molar refractivity (Wildman–Crippen MR) is 86.7 cm³/mol. The molecule has 1 aliphatic carbocycles. The molecule has 0 radical (unpaired) electrons. The van der Waals surface area contributed by atoms with E-state index in [1.807, 2.05) is 11.0 Å². The maximum absolute atomic E-state index is 12.7. The van der Waals surface area contributed by atoms with E-state index in [-0.39, 0.29) is 23.4 Å². The summed E-state index contributed by atoms with van der Waals surface area (Å²) in [7, 11) is 0. The minimum atomic E-state index is -0.0652. The summed E-state index contributed by atoms with van der Waals surface area (Å²) >= 11 is 0. The van der Waals surface area contributed by atoms with E-state index in [1.165, 1.54) is 11.0 Å². The summed E-state index contributed by atoms with van der Waals surface area (Å²) in [5.74, 6) is 0.0825. The van der Waals surface area contributed by atoms with Crippen molar-refractivity contribution < 1.29 is 4.79 Å². The zero-order chi connectivity index (χ0) is 16.1. The first-order chi connectivity index (χ1) is 10.2. The van der Waals surface area contributed by atoms with Crippen LogP contribution in [0.15, 0.2) is 23.1 Å². The summed E-state index contributed by atoms with van der Waals surface area (Å²) in [6.45, 7) is 9.68. The number of pyridine rings is 1.